The lowest BCUT2D eigenvalue weighted by molar-refractivity contribution is 0.0784. The van der Waals surface area contributed by atoms with Gasteiger partial charge in [0.15, 0.2) is 11.5 Å². The number of aryl methyl sites for hydroxylation is 1. The second-order valence-corrected chi connectivity index (χ2v) is 5.11. The Bertz CT molecular complexity index is 693. The van der Waals surface area contributed by atoms with Crippen molar-refractivity contribution in [1.82, 2.24) is 14.7 Å². The maximum absolute atomic E-state index is 12.5. The molecule has 0 aliphatic carbocycles. The number of aromatic nitrogens is 2. The molecule has 0 saturated carbocycles. The lowest BCUT2D eigenvalue weighted by Gasteiger charge is -2.17. The lowest BCUT2D eigenvalue weighted by Crippen LogP contribution is -2.26. The standard InChI is InChI=1S/C15H17N3O3/c1-10-12(7-16-18(10)3)8-17(2)15(19)11-4-5-13-14(6-11)21-9-20-13/h4-7H,8-9H2,1-3H3. The van der Waals surface area contributed by atoms with Gasteiger partial charge in [-0.05, 0) is 25.1 Å². The molecular formula is C15H17N3O3. The highest BCUT2D eigenvalue weighted by Crippen LogP contribution is 2.32. The molecule has 0 saturated heterocycles. The minimum Gasteiger partial charge on any atom is -0.454 e. The fraction of sp³-hybridized carbons (Fsp3) is 0.333. The van der Waals surface area contributed by atoms with Gasteiger partial charge in [-0.2, -0.15) is 5.10 Å². The fourth-order valence-electron chi connectivity index (χ4n) is 2.28. The van der Waals surface area contributed by atoms with Crippen LogP contribution in [0.1, 0.15) is 21.6 Å². The van der Waals surface area contributed by atoms with Crippen LogP contribution < -0.4 is 9.47 Å². The number of carbonyl (C=O) groups excluding carboxylic acids is 1. The van der Waals surface area contributed by atoms with Crippen LogP contribution >= 0.6 is 0 Å². The molecule has 1 amide bonds. The summed E-state index contributed by atoms with van der Waals surface area (Å²) in [5, 5.41) is 4.19. The molecule has 3 rings (SSSR count). The van der Waals surface area contributed by atoms with Crippen LogP contribution in [0.5, 0.6) is 11.5 Å². The first-order chi connectivity index (χ1) is 10.1. The molecule has 0 fully saturated rings. The van der Waals surface area contributed by atoms with Gasteiger partial charge >= 0.3 is 0 Å². The Morgan fingerprint density at radius 1 is 1.38 bits per heavy atom. The molecule has 1 aromatic heterocycles. The van der Waals surface area contributed by atoms with Crippen molar-refractivity contribution in [2.24, 2.45) is 7.05 Å². The molecule has 110 valence electrons. The van der Waals surface area contributed by atoms with Gasteiger partial charge in [-0.15, -0.1) is 0 Å². The summed E-state index contributed by atoms with van der Waals surface area (Å²) in [6.07, 6.45) is 1.79. The van der Waals surface area contributed by atoms with Gasteiger partial charge in [0.1, 0.15) is 0 Å². The first kappa shape index (κ1) is 13.5. The van der Waals surface area contributed by atoms with Crippen LogP contribution in [0, 0.1) is 6.92 Å². The van der Waals surface area contributed by atoms with E-state index in [1.807, 2.05) is 14.0 Å². The molecule has 2 aromatic rings. The number of ether oxygens (including phenoxy) is 2. The zero-order chi connectivity index (χ0) is 15.0. The largest absolute Gasteiger partial charge is 0.454 e. The van der Waals surface area contributed by atoms with Gasteiger partial charge in [-0.3, -0.25) is 9.48 Å². The number of nitrogens with zero attached hydrogens (tertiary/aromatic N) is 3. The zero-order valence-electron chi connectivity index (χ0n) is 12.3. The Morgan fingerprint density at radius 3 is 2.86 bits per heavy atom. The molecule has 1 aliphatic heterocycles. The molecule has 0 unspecified atom stereocenters. The summed E-state index contributed by atoms with van der Waals surface area (Å²) in [7, 11) is 3.66. The predicted octanol–water partition coefficient (Wildman–Crippen LogP) is 1.73. The normalized spacial score (nSPS) is 12.5. The monoisotopic (exact) mass is 287 g/mol. The van der Waals surface area contributed by atoms with E-state index in [9.17, 15) is 4.79 Å². The molecule has 1 aliphatic rings. The highest BCUT2D eigenvalue weighted by molar-refractivity contribution is 5.94. The number of hydrogen-bond donors (Lipinski definition) is 0. The topological polar surface area (TPSA) is 56.6 Å². The summed E-state index contributed by atoms with van der Waals surface area (Å²) in [5.74, 6) is 1.24. The predicted molar refractivity (Wildman–Crippen MR) is 76.3 cm³/mol. The Morgan fingerprint density at radius 2 is 2.14 bits per heavy atom. The summed E-state index contributed by atoms with van der Waals surface area (Å²) in [6, 6.07) is 5.23. The van der Waals surface area contributed by atoms with Crippen LogP contribution in [-0.2, 0) is 13.6 Å². The number of benzene rings is 1. The van der Waals surface area contributed by atoms with Crippen molar-refractivity contribution >= 4 is 5.91 Å². The van der Waals surface area contributed by atoms with Crippen LogP contribution in [0.3, 0.4) is 0 Å². The third-order valence-electron chi connectivity index (χ3n) is 3.71. The zero-order valence-corrected chi connectivity index (χ0v) is 12.3. The number of carbonyl (C=O) groups is 1. The van der Waals surface area contributed by atoms with Crippen LogP contribution in [-0.4, -0.2) is 34.4 Å². The summed E-state index contributed by atoms with van der Waals surface area (Å²) < 4.78 is 12.4. The van der Waals surface area contributed by atoms with Gasteiger partial charge in [0.2, 0.25) is 6.79 Å². The highest BCUT2D eigenvalue weighted by Gasteiger charge is 2.19. The number of hydrogen-bond acceptors (Lipinski definition) is 4. The molecule has 6 heteroatoms. The quantitative estimate of drug-likeness (QED) is 0.862. The SMILES string of the molecule is Cc1c(CN(C)C(=O)c2ccc3c(c2)OCO3)cnn1C. The maximum atomic E-state index is 12.5. The number of amides is 1. The maximum Gasteiger partial charge on any atom is 0.254 e. The minimum absolute atomic E-state index is 0.0587. The Kier molecular flexibility index (Phi) is 3.29. The molecule has 0 radical (unpaired) electrons. The Labute approximate surface area is 122 Å². The van der Waals surface area contributed by atoms with Crippen molar-refractivity contribution in [3.63, 3.8) is 0 Å². The van der Waals surface area contributed by atoms with Gasteiger partial charge in [-0.25, -0.2) is 0 Å². The summed E-state index contributed by atoms with van der Waals surface area (Å²) in [5.41, 5.74) is 2.68. The molecule has 0 atom stereocenters. The van der Waals surface area contributed by atoms with Crippen molar-refractivity contribution in [2.75, 3.05) is 13.8 Å². The summed E-state index contributed by atoms with van der Waals surface area (Å²) >= 11 is 0. The van der Waals surface area contributed by atoms with Gasteiger partial charge in [0, 0.05) is 37.5 Å². The molecular weight excluding hydrogens is 270 g/mol. The van der Waals surface area contributed by atoms with E-state index in [-0.39, 0.29) is 12.7 Å². The van der Waals surface area contributed by atoms with E-state index >= 15 is 0 Å². The molecule has 0 bridgehead atoms. The molecule has 0 N–H and O–H groups in total. The van der Waals surface area contributed by atoms with Crippen molar-refractivity contribution in [1.29, 1.82) is 0 Å². The van der Waals surface area contributed by atoms with Gasteiger partial charge in [-0.1, -0.05) is 0 Å². The van der Waals surface area contributed by atoms with E-state index in [1.54, 1.807) is 41.0 Å². The van der Waals surface area contributed by atoms with E-state index < -0.39 is 0 Å². The Hall–Kier alpha value is -2.50. The smallest absolute Gasteiger partial charge is 0.254 e. The summed E-state index contributed by atoms with van der Waals surface area (Å²) in [6.45, 7) is 2.71. The minimum atomic E-state index is -0.0587. The van der Waals surface area contributed by atoms with Crippen LogP contribution in [0.15, 0.2) is 24.4 Å². The first-order valence-electron chi connectivity index (χ1n) is 6.69. The van der Waals surface area contributed by atoms with Crippen molar-refractivity contribution in [3.05, 3.63) is 41.2 Å². The third kappa shape index (κ3) is 2.44. The first-order valence-corrected chi connectivity index (χ1v) is 6.69. The lowest BCUT2D eigenvalue weighted by atomic mass is 10.1. The van der Waals surface area contributed by atoms with E-state index in [4.69, 9.17) is 9.47 Å². The highest BCUT2D eigenvalue weighted by atomic mass is 16.7. The average molecular weight is 287 g/mol. The van der Waals surface area contributed by atoms with E-state index in [0.717, 1.165) is 11.3 Å². The van der Waals surface area contributed by atoms with Crippen molar-refractivity contribution < 1.29 is 14.3 Å². The van der Waals surface area contributed by atoms with Crippen molar-refractivity contribution in [3.8, 4) is 11.5 Å². The molecule has 6 nitrogen and oxygen atoms in total. The summed E-state index contributed by atoms with van der Waals surface area (Å²) in [4.78, 5) is 14.1. The average Bonchev–Trinajstić information content (AvgIpc) is 3.07. The van der Waals surface area contributed by atoms with Gasteiger partial charge in [0.05, 0.1) is 6.20 Å². The number of fused-ring (bicyclic) bond motifs is 1. The van der Waals surface area contributed by atoms with E-state index in [2.05, 4.69) is 5.10 Å². The van der Waals surface area contributed by atoms with E-state index in [1.165, 1.54) is 0 Å². The third-order valence-corrected chi connectivity index (χ3v) is 3.71. The van der Waals surface area contributed by atoms with Crippen molar-refractivity contribution in [2.45, 2.75) is 13.5 Å². The van der Waals surface area contributed by atoms with E-state index in [0.29, 0.717) is 23.6 Å². The fourth-order valence-corrected chi connectivity index (χ4v) is 2.28. The molecule has 0 spiro atoms. The molecule has 21 heavy (non-hydrogen) atoms. The van der Waals surface area contributed by atoms with Gasteiger partial charge in [0.25, 0.3) is 5.91 Å². The van der Waals surface area contributed by atoms with Gasteiger partial charge < -0.3 is 14.4 Å². The second kappa shape index (κ2) is 5.12. The number of rotatable bonds is 3. The Balaban J connectivity index is 1.77. The second-order valence-electron chi connectivity index (χ2n) is 5.11. The van der Waals surface area contributed by atoms with Crippen LogP contribution in [0.2, 0.25) is 0 Å². The molecule has 1 aromatic carbocycles. The van der Waals surface area contributed by atoms with Crippen LogP contribution in [0.4, 0.5) is 0 Å². The molecule has 2 heterocycles. The van der Waals surface area contributed by atoms with Crippen LogP contribution in [0.25, 0.3) is 0 Å².